The van der Waals surface area contributed by atoms with Crippen molar-refractivity contribution in [2.75, 3.05) is 19.6 Å². The summed E-state index contributed by atoms with van der Waals surface area (Å²) in [6, 6.07) is 2.16. The van der Waals surface area contributed by atoms with Gasteiger partial charge in [-0.1, -0.05) is 0 Å². The van der Waals surface area contributed by atoms with Crippen LogP contribution in [0, 0.1) is 40.4 Å². The van der Waals surface area contributed by atoms with E-state index in [1.807, 2.05) is 0 Å². The molecule has 0 aromatic heterocycles. The molecule has 1 aliphatic heterocycles. The van der Waals surface area contributed by atoms with Crippen LogP contribution >= 0.6 is 0 Å². The molecule has 3 heteroatoms. The Morgan fingerprint density at radius 3 is 2.21 bits per heavy atom. The molecule has 1 unspecified atom stereocenters. The van der Waals surface area contributed by atoms with E-state index < -0.39 is 0 Å². The first-order chi connectivity index (χ1) is 9.16. The zero-order valence-corrected chi connectivity index (χ0v) is 11.5. The highest BCUT2D eigenvalue weighted by molar-refractivity contribution is 5.87. The van der Waals surface area contributed by atoms with Gasteiger partial charge >= 0.3 is 0 Å². The van der Waals surface area contributed by atoms with Gasteiger partial charge in [-0.15, -0.1) is 0 Å². The third-order valence-electron chi connectivity index (χ3n) is 6.09. The Morgan fingerprint density at radius 2 is 1.74 bits per heavy atom. The lowest BCUT2D eigenvalue weighted by molar-refractivity contribution is -0.119. The Morgan fingerprint density at radius 1 is 1.16 bits per heavy atom. The summed E-state index contributed by atoms with van der Waals surface area (Å²) in [6.07, 6.45) is 8.58. The lowest BCUT2D eigenvalue weighted by atomic mass is 9.49. The lowest BCUT2D eigenvalue weighted by Crippen LogP contribution is -2.51. The summed E-state index contributed by atoms with van der Waals surface area (Å²) in [5.74, 6) is 2.70. The molecule has 0 aromatic carbocycles. The van der Waals surface area contributed by atoms with E-state index in [1.54, 1.807) is 0 Å². The molecule has 4 saturated carbocycles. The van der Waals surface area contributed by atoms with Crippen LogP contribution in [-0.2, 0) is 4.79 Å². The number of carbonyl (C=O) groups excluding carboxylic acids is 1. The number of rotatable bonds is 2. The highest BCUT2D eigenvalue weighted by Crippen LogP contribution is 2.60. The summed E-state index contributed by atoms with van der Waals surface area (Å²) >= 11 is 0. The van der Waals surface area contributed by atoms with Gasteiger partial charge in [-0.25, -0.2) is 0 Å². The van der Waals surface area contributed by atoms with Crippen molar-refractivity contribution in [2.24, 2.45) is 29.1 Å². The van der Waals surface area contributed by atoms with Crippen LogP contribution in [0.1, 0.15) is 38.5 Å². The van der Waals surface area contributed by atoms with Gasteiger partial charge in [-0.05, 0) is 61.7 Å². The van der Waals surface area contributed by atoms with Crippen molar-refractivity contribution in [1.82, 2.24) is 4.90 Å². The van der Waals surface area contributed by atoms with Crippen LogP contribution in [0.25, 0.3) is 0 Å². The van der Waals surface area contributed by atoms with Gasteiger partial charge in [0.2, 0.25) is 0 Å². The molecule has 0 amide bonds. The first-order valence-corrected chi connectivity index (χ1v) is 7.80. The molecular weight excluding hydrogens is 236 g/mol. The monoisotopic (exact) mass is 258 g/mol. The molecule has 5 aliphatic rings. The fraction of sp³-hybridized carbons (Fsp3) is 0.875. The van der Waals surface area contributed by atoms with E-state index in [0.29, 0.717) is 18.5 Å². The van der Waals surface area contributed by atoms with Gasteiger partial charge in [0, 0.05) is 13.1 Å². The van der Waals surface area contributed by atoms with Crippen LogP contribution in [0.15, 0.2) is 0 Å². The van der Waals surface area contributed by atoms with E-state index in [2.05, 4.69) is 11.0 Å². The number of hydrogen-bond acceptors (Lipinski definition) is 3. The third kappa shape index (κ3) is 1.92. The predicted octanol–water partition coefficient (Wildman–Crippen LogP) is 2.23. The standard InChI is InChI=1S/C16H22N2O/c17-7-14-8-18(9-15(14)19)10-16-4-11-1-12(5-16)3-13(2-11)6-16/h11-14H,1-6,8-10H2. The highest BCUT2D eigenvalue weighted by atomic mass is 16.1. The molecule has 1 heterocycles. The van der Waals surface area contributed by atoms with Crippen LogP contribution in [-0.4, -0.2) is 30.3 Å². The molecule has 0 aromatic rings. The van der Waals surface area contributed by atoms with Crippen molar-refractivity contribution in [2.45, 2.75) is 38.5 Å². The van der Waals surface area contributed by atoms with Crippen molar-refractivity contribution in [3.8, 4) is 6.07 Å². The number of ketones is 1. The Bertz CT molecular complexity index is 415. The van der Waals surface area contributed by atoms with Gasteiger partial charge in [0.05, 0.1) is 12.6 Å². The smallest absolute Gasteiger partial charge is 0.165 e. The van der Waals surface area contributed by atoms with Crippen LogP contribution < -0.4 is 0 Å². The Labute approximate surface area is 115 Å². The minimum absolute atomic E-state index is 0.146. The second kappa shape index (κ2) is 4.06. The molecule has 3 nitrogen and oxygen atoms in total. The second-order valence-electron chi connectivity index (χ2n) is 7.74. The van der Waals surface area contributed by atoms with Crippen molar-refractivity contribution in [3.05, 3.63) is 0 Å². The third-order valence-corrected chi connectivity index (χ3v) is 6.09. The number of carbonyl (C=O) groups is 1. The lowest BCUT2D eigenvalue weighted by Gasteiger charge is -2.57. The fourth-order valence-corrected chi connectivity index (χ4v) is 5.95. The van der Waals surface area contributed by atoms with Gasteiger partial charge < -0.3 is 0 Å². The molecule has 1 atom stereocenters. The largest absolute Gasteiger partial charge is 0.297 e. The Hall–Kier alpha value is -0.880. The SMILES string of the molecule is N#CC1CN(CC23CC4CC(CC(C4)C2)C3)CC1=O. The molecule has 0 spiro atoms. The minimum Gasteiger partial charge on any atom is -0.297 e. The maximum absolute atomic E-state index is 11.7. The molecule has 5 fully saturated rings. The number of Topliss-reactive ketones (excluding diaryl/α,β-unsaturated/α-hetero) is 1. The number of hydrogen-bond donors (Lipinski definition) is 0. The van der Waals surface area contributed by atoms with Gasteiger partial charge in [0.25, 0.3) is 0 Å². The van der Waals surface area contributed by atoms with Gasteiger partial charge in [0.1, 0.15) is 5.92 Å². The minimum atomic E-state index is -0.353. The van der Waals surface area contributed by atoms with Gasteiger partial charge in [-0.2, -0.15) is 5.26 Å². The predicted molar refractivity (Wildman–Crippen MR) is 71.2 cm³/mol. The number of likely N-dealkylation sites (tertiary alicyclic amines) is 1. The molecule has 0 radical (unpaired) electrons. The van der Waals surface area contributed by atoms with E-state index in [1.165, 1.54) is 38.5 Å². The van der Waals surface area contributed by atoms with Crippen molar-refractivity contribution >= 4 is 5.78 Å². The van der Waals surface area contributed by atoms with E-state index in [4.69, 9.17) is 5.26 Å². The van der Waals surface area contributed by atoms with Crippen LogP contribution in [0.5, 0.6) is 0 Å². The molecular formula is C16H22N2O. The summed E-state index contributed by atoms with van der Waals surface area (Å²) < 4.78 is 0. The maximum atomic E-state index is 11.7. The Balaban J connectivity index is 1.49. The second-order valence-corrected chi connectivity index (χ2v) is 7.74. The zero-order valence-electron chi connectivity index (χ0n) is 11.5. The maximum Gasteiger partial charge on any atom is 0.165 e. The topological polar surface area (TPSA) is 44.1 Å². The summed E-state index contributed by atoms with van der Waals surface area (Å²) in [4.78, 5) is 14.0. The highest BCUT2D eigenvalue weighted by Gasteiger charge is 2.51. The van der Waals surface area contributed by atoms with Gasteiger partial charge in [-0.3, -0.25) is 9.69 Å². The first-order valence-electron chi connectivity index (χ1n) is 7.80. The summed E-state index contributed by atoms with van der Waals surface area (Å²) in [5, 5.41) is 8.99. The number of nitrogens with zero attached hydrogens (tertiary/aromatic N) is 2. The summed E-state index contributed by atoms with van der Waals surface area (Å²) in [7, 11) is 0. The summed E-state index contributed by atoms with van der Waals surface area (Å²) in [5.41, 5.74) is 0.499. The zero-order chi connectivity index (χ0) is 13.0. The molecule has 1 saturated heterocycles. The van der Waals surface area contributed by atoms with Crippen molar-refractivity contribution in [1.29, 1.82) is 5.26 Å². The van der Waals surface area contributed by atoms with Crippen LogP contribution in [0.4, 0.5) is 0 Å². The molecule has 5 rings (SSSR count). The van der Waals surface area contributed by atoms with E-state index >= 15 is 0 Å². The molecule has 4 bridgehead atoms. The molecule has 102 valence electrons. The van der Waals surface area contributed by atoms with Crippen LogP contribution in [0.3, 0.4) is 0 Å². The molecule has 19 heavy (non-hydrogen) atoms. The molecule has 4 aliphatic carbocycles. The van der Waals surface area contributed by atoms with Gasteiger partial charge in [0.15, 0.2) is 5.78 Å². The molecule has 0 N–H and O–H groups in total. The van der Waals surface area contributed by atoms with Crippen molar-refractivity contribution in [3.63, 3.8) is 0 Å². The fourth-order valence-electron chi connectivity index (χ4n) is 5.95. The van der Waals surface area contributed by atoms with Crippen molar-refractivity contribution < 1.29 is 4.79 Å². The van der Waals surface area contributed by atoms with E-state index in [-0.39, 0.29) is 11.7 Å². The quantitative estimate of drug-likeness (QED) is 0.763. The average Bonchev–Trinajstić information content (AvgIpc) is 2.66. The van der Waals surface area contributed by atoms with E-state index in [9.17, 15) is 4.79 Å². The average molecular weight is 258 g/mol. The normalized spacial score (nSPS) is 48.7. The van der Waals surface area contributed by atoms with Crippen LogP contribution in [0.2, 0.25) is 0 Å². The first kappa shape index (κ1) is 11.9. The summed E-state index contributed by atoms with van der Waals surface area (Å²) in [6.45, 7) is 2.30. The Kier molecular flexibility index (Phi) is 2.54. The van der Waals surface area contributed by atoms with E-state index in [0.717, 1.165) is 24.3 Å². The number of nitriles is 1.